The third-order valence-corrected chi connectivity index (χ3v) is 4.85. The molecule has 0 spiro atoms. The normalized spacial score (nSPS) is 32.2. The minimum atomic E-state index is 0.369. The van der Waals surface area contributed by atoms with Crippen molar-refractivity contribution in [3.8, 4) is 0 Å². The Morgan fingerprint density at radius 3 is 2.50 bits per heavy atom. The van der Waals surface area contributed by atoms with E-state index in [1.807, 2.05) is 7.11 Å². The fourth-order valence-corrected chi connectivity index (χ4v) is 3.18. The zero-order chi connectivity index (χ0) is 13.5. The Bertz CT molecular complexity index is 219. The molecule has 2 heteroatoms. The molecule has 0 saturated heterocycles. The molecule has 0 heterocycles. The van der Waals surface area contributed by atoms with Gasteiger partial charge in [-0.2, -0.15) is 0 Å². The van der Waals surface area contributed by atoms with Crippen LogP contribution in [0.15, 0.2) is 0 Å². The molecule has 0 bridgehead atoms. The minimum Gasteiger partial charge on any atom is -0.382 e. The van der Waals surface area contributed by atoms with Gasteiger partial charge in [0.05, 0.1) is 6.10 Å². The Kier molecular flexibility index (Phi) is 7.25. The number of hydrogen-bond acceptors (Lipinski definition) is 2. The maximum Gasteiger partial charge on any atom is 0.0558 e. The Balaban J connectivity index is 2.52. The van der Waals surface area contributed by atoms with Crippen molar-refractivity contribution in [1.82, 2.24) is 5.32 Å². The third kappa shape index (κ3) is 4.89. The molecular formula is C16H33NO. The summed E-state index contributed by atoms with van der Waals surface area (Å²) in [7, 11) is 1.83. The van der Waals surface area contributed by atoms with Crippen molar-refractivity contribution in [2.75, 3.05) is 13.7 Å². The lowest BCUT2D eigenvalue weighted by Gasteiger charge is -2.38. The lowest BCUT2D eigenvalue weighted by Crippen LogP contribution is -2.42. The maximum absolute atomic E-state index is 5.46. The summed E-state index contributed by atoms with van der Waals surface area (Å²) in [6.07, 6.45) is 6.92. The average molecular weight is 255 g/mol. The molecule has 1 N–H and O–H groups in total. The highest BCUT2D eigenvalue weighted by Crippen LogP contribution is 2.36. The molecule has 0 amide bonds. The van der Waals surface area contributed by atoms with Gasteiger partial charge in [-0.3, -0.25) is 0 Å². The SMILES string of the molecule is CCCNC(CC(C)OC)C1CCC(C)C(C)C1. The van der Waals surface area contributed by atoms with E-state index in [9.17, 15) is 0 Å². The highest BCUT2D eigenvalue weighted by atomic mass is 16.5. The molecule has 0 aromatic rings. The molecular weight excluding hydrogens is 222 g/mol. The fraction of sp³-hybridized carbons (Fsp3) is 1.00. The molecule has 1 saturated carbocycles. The zero-order valence-corrected chi connectivity index (χ0v) is 13.0. The largest absolute Gasteiger partial charge is 0.382 e. The van der Waals surface area contributed by atoms with Crippen molar-refractivity contribution in [2.24, 2.45) is 17.8 Å². The number of methoxy groups -OCH3 is 1. The molecule has 108 valence electrons. The van der Waals surface area contributed by atoms with E-state index in [1.54, 1.807) is 0 Å². The first-order chi connectivity index (χ1) is 8.58. The smallest absolute Gasteiger partial charge is 0.0558 e. The summed E-state index contributed by atoms with van der Waals surface area (Å²) in [6, 6.07) is 0.648. The van der Waals surface area contributed by atoms with Gasteiger partial charge in [-0.15, -0.1) is 0 Å². The van der Waals surface area contributed by atoms with Gasteiger partial charge in [0.2, 0.25) is 0 Å². The monoisotopic (exact) mass is 255 g/mol. The van der Waals surface area contributed by atoms with Crippen LogP contribution >= 0.6 is 0 Å². The molecule has 5 unspecified atom stereocenters. The highest BCUT2D eigenvalue weighted by Gasteiger charge is 2.30. The number of ether oxygens (including phenoxy) is 1. The highest BCUT2D eigenvalue weighted by molar-refractivity contribution is 4.85. The quantitative estimate of drug-likeness (QED) is 0.746. The van der Waals surface area contributed by atoms with Gasteiger partial charge < -0.3 is 10.1 Å². The molecule has 1 rings (SSSR count). The van der Waals surface area contributed by atoms with E-state index in [0.29, 0.717) is 12.1 Å². The van der Waals surface area contributed by atoms with Crippen molar-refractivity contribution in [2.45, 2.75) is 71.9 Å². The first-order valence-electron chi connectivity index (χ1n) is 7.84. The summed E-state index contributed by atoms with van der Waals surface area (Å²) in [5.41, 5.74) is 0. The summed E-state index contributed by atoms with van der Waals surface area (Å²) >= 11 is 0. The zero-order valence-electron chi connectivity index (χ0n) is 13.0. The van der Waals surface area contributed by atoms with Crippen molar-refractivity contribution < 1.29 is 4.74 Å². The molecule has 1 aliphatic rings. The van der Waals surface area contributed by atoms with Crippen molar-refractivity contribution in [3.63, 3.8) is 0 Å². The fourth-order valence-electron chi connectivity index (χ4n) is 3.18. The molecule has 1 fully saturated rings. The maximum atomic E-state index is 5.46. The van der Waals surface area contributed by atoms with Gasteiger partial charge in [-0.25, -0.2) is 0 Å². The van der Waals surface area contributed by atoms with Crippen LogP contribution in [-0.4, -0.2) is 25.8 Å². The van der Waals surface area contributed by atoms with Crippen molar-refractivity contribution in [3.05, 3.63) is 0 Å². The summed E-state index contributed by atoms with van der Waals surface area (Å²) < 4.78 is 5.46. The van der Waals surface area contributed by atoms with Crippen LogP contribution in [0.1, 0.15) is 59.8 Å². The van der Waals surface area contributed by atoms with Crippen molar-refractivity contribution >= 4 is 0 Å². The van der Waals surface area contributed by atoms with E-state index in [2.05, 4.69) is 33.0 Å². The molecule has 5 atom stereocenters. The Labute approximate surface area is 114 Å². The van der Waals surface area contributed by atoms with E-state index in [-0.39, 0.29) is 0 Å². The minimum absolute atomic E-state index is 0.369. The second-order valence-electron chi connectivity index (χ2n) is 6.37. The van der Waals surface area contributed by atoms with Gasteiger partial charge >= 0.3 is 0 Å². The molecule has 1 aliphatic carbocycles. The first kappa shape index (κ1) is 16.0. The van der Waals surface area contributed by atoms with Gasteiger partial charge in [0.1, 0.15) is 0 Å². The summed E-state index contributed by atoms with van der Waals surface area (Å²) in [6.45, 7) is 10.4. The molecule has 0 aliphatic heterocycles. The van der Waals surface area contributed by atoms with Gasteiger partial charge in [0.25, 0.3) is 0 Å². The van der Waals surface area contributed by atoms with Crippen LogP contribution in [0.2, 0.25) is 0 Å². The summed E-state index contributed by atoms with van der Waals surface area (Å²) in [4.78, 5) is 0. The molecule has 0 aromatic carbocycles. The molecule has 18 heavy (non-hydrogen) atoms. The lowest BCUT2D eigenvalue weighted by atomic mass is 9.72. The predicted molar refractivity (Wildman–Crippen MR) is 78.8 cm³/mol. The van der Waals surface area contributed by atoms with E-state index in [0.717, 1.165) is 30.7 Å². The van der Waals surface area contributed by atoms with Crippen LogP contribution in [0.4, 0.5) is 0 Å². The van der Waals surface area contributed by atoms with Gasteiger partial charge in [-0.05, 0) is 56.9 Å². The van der Waals surface area contributed by atoms with Crippen LogP contribution in [0.5, 0.6) is 0 Å². The van der Waals surface area contributed by atoms with Crippen LogP contribution in [0.3, 0.4) is 0 Å². The second-order valence-corrected chi connectivity index (χ2v) is 6.37. The van der Waals surface area contributed by atoms with Crippen molar-refractivity contribution in [1.29, 1.82) is 0 Å². The molecule has 0 radical (unpaired) electrons. The standard InChI is InChI=1S/C16H33NO/c1-6-9-17-16(11-14(4)18-5)15-8-7-12(2)13(3)10-15/h12-17H,6-11H2,1-5H3. The van der Waals surface area contributed by atoms with Crippen LogP contribution < -0.4 is 5.32 Å². The van der Waals surface area contributed by atoms with E-state index >= 15 is 0 Å². The van der Waals surface area contributed by atoms with Crippen LogP contribution in [0.25, 0.3) is 0 Å². The van der Waals surface area contributed by atoms with Crippen LogP contribution in [0, 0.1) is 17.8 Å². The lowest BCUT2D eigenvalue weighted by molar-refractivity contribution is 0.0787. The number of rotatable bonds is 7. The van der Waals surface area contributed by atoms with E-state index in [4.69, 9.17) is 4.74 Å². The third-order valence-electron chi connectivity index (χ3n) is 4.85. The topological polar surface area (TPSA) is 21.3 Å². The molecule has 0 aromatic heterocycles. The Morgan fingerprint density at radius 1 is 1.22 bits per heavy atom. The number of nitrogens with one attached hydrogen (secondary N) is 1. The predicted octanol–water partition coefficient (Wildman–Crippen LogP) is 3.85. The average Bonchev–Trinajstić information content (AvgIpc) is 2.37. The Hall–Kier alpha value is -0.0800. The van der Waals surface area contributed by atoms with Gasteiger partial charge in [-0.1, -0.05) is 27.2 Å². The summed E-state index contributed by atoms with van der Waals surface area (Å²) in [5, 5.41) is 3.76. The van der Waals surface area contributed by atoms with Gasteiger partial charge in [0.15, 0.2) is 0 Å². The van der Waals surface area contributed by atoms with Gasteiger partial charge in [0, 0.05) is 13.2 Å². The summed E-state index contributed by atoms with van der Waals surface area (Å²) in [5.74, 6) is 2.64. The van der Waals surface area contributed by atoms with Crippen LogP contribution in [-0.2, 0) is 4.74 Å². The second kappa shape index (κ2) is 8.16. The Morgan fingerprint density at radius 2 is 1.94 bits per heavy atom. The van der Waals surface area contributed by atoms with E-state index < -0.39 is 0 Å². The number of hydrogen-bond donors (Lipinski definition) is 1. The first-order valence-corrected chi connectivity index (χ1v) is 7.84. The molecule has 2 nitrogen and oxygen atoms in total. The van der Waals surface area contributed by atoms with E-state index in [1.165, 1.54) is 25.7 Å².